The number of amides is 1. The van der Waals surface area contributed by atoms with E-state index in [1.807, 2.05) is 19.1 Å². The van der Waals surface area contributed by atoms with Crippen molar-refractivity contribution in [1.82, 2.24) is 9.78 Å². The van der Waals surface area contributed by atoms with Crippen LogP contribution < -0.4 is 10.9 Å². The van der Waals surface area contributed by atoms with Crippen molar-refractivity contribution in [1.29, 1.82) is 0 Å². The maximum Gasteiger partial charge on any atom is 0.276 e. The van der Waals surface area contributed by atoms with Crippen molar-refractivity contribution in [3.05, 3.63) is 92.6 Å². The Balaban J connectivity index is 1.86. The molecule has 7 heteroatoms. The zero-order chi connectivity index (χ0) is 18.7. The van der Waals surface area contributed by atoms with Gasteiger partial charge in [-0.2, -0.15) is 5.10 Å². The Morgan fingerprint density at radius 2 is 1.88 bits per heavy atom. The second-order valence-electron chi connectivity index (χ2n) is 5.73. The van der Waals surface area contributed by atoms with Crippen LogP contribution in [0.1, 0.15) is 21.6 Å². The molecule has 26 heavy (non-hydrogen) atoms. The first kappa shape index (κ1) is 17.8. The van der Waals surface area contributed by atoms with E-state index in [0.717, 1.165) is 10.2 Å². The molecule has 0 radical (unpaired) electrons. The fourth-order valence-corrected chi connectivity index (χ4v) is 2.57. The largest absolute Gasteiger partial charge is 0.321 e. The summed E-state index contributed by atoms with van der Waals surface area (Å²) in [7, 11) is 0. The van der Waals surface area contributed by atoms with Crippen LogP contribution in [0, 0.1) is 12.7 Å². The third-order valence-electron chi connectivity index (χ3n) is 3.78. The zero-order valence-corrected chi connectivity index (χ0v) is 14.6. The van der Waals surface area contributed by atoms with Crippen LogP contribution in [0.15, 0.2) is 59.4 Å². The van der Waals surface area contributed by atoms with Crippen LogP contribution in [0.5, 0.6) is 0 Å². The topological polar surface area (TPSA) is 64.0 Å². The summed E-state index contributed by atoms with van der Waals surface area (Å²) < 4.78 is 14.9. The average molecular weight is 372 g/mol. The van der Waals surface area contributed by atoms with E-state index in [1.54, 1.807) is 12.1 Å². The fourth-order valence-electron chi connectivity index (χ4n) is 2.35. The number of rotatable bonds is 4. The Morgan fingerprint density at radius 1 is 1.15 bits per heavy atom. The molecule has 132 valence electrons. The van der Waals surface area contributed by atoms with Crippen LogP contribution in [-0.4, -0.2) is 15.7 Å². The second kappa shape index (κ2) is 7.49. The molecule has 0 aliphatic carbocycles. The van der Waals surface area contributed by atoms with Gasteiger partial charge < -0.3 is 5.32 Å². The summed E-state index contributed by atoms with van der Waals surface area (Å²) in [6.07, 6.45) is 0. The van der Waals surface area contributed by atoms with E-state index >= 15 is 0 Å². The van der Waals surface area contributed by atoms with E-state index in [9.17, 15) is 14.0 Å². The molecule has 0 spiro atoms. The van der Waals surface area contributed by atoms with Crippen molar-refractivity contribution in [2.24, 2.45) is 0 Å². The molecule has 0 unspecified atom stereocenters. The van der Waals surface area contributed by atoms with Crippen molar-refractivity contribution >= 4 is 23.2 Å². The van der Waals surface area contributed by atoms with Crippen molar-refractivity contribution in [2.75, 3.05) is 5.32 Å². The van der Waals surface area contributed by atoms with Crippen molar-refractivity contribution < 1.29 is 9.18 Å². The van der Waals surface area contributed by atoms with E-state index in [1.165, 1.54) is 30.3 Å². The molecule has 3 rings (SSSR count). The molecule has 0 aliphatic rings. The highest BCUT2D eigenvalue weighted by molar-refractivity contribution is 6.31. The summed E-state index contributed by atoms with van der Waals surface area (Å²) in [5, 5.41) is 6.92. The minimum Gasteiger partial charge on any atom is -0.321 e. The van der Waals surface area contributed by atoms with Gasteiger partial charge in [0, 0.05) is 22.3 Å². The lowest BCUT2D eigenvalue weighted by molar-refractivity contribution is 0.102. The molecular formula is C19H15ClFN3O2. The predicted octanol–water partition coefficient (Wildman–Crippen LogP) is 3.64. The summed E-state index contributed by atoms with van der Waals surface area (Å²) in [6, 6.07) is 14.1. The van der Waals surface area contributed by atoms with Gasteiger partial charge in [0.1, 0.15) is 11.5 Å². The zero-order valence-electron chi connectivity index (χ0n) is 13.9. The van der Waals surface area contributed by atoms with E-state index in [4.69, 9.17) is 11.6 Å². The van der Waals surface area contributed by atoms with E-state index in [-0.39, 0.29) is 22.8 Å². The van der Waals surface area contributed by atoms with Gasteiger partial charge in [0.15, 0.2) is 0 Å². The second-order valence-corrected chi connectivity index (χ2v) is 6.14. The number of hydrogen-bond acceptors (Lipinski definition) is 3. The minimum atomic E-state index is -0.541. The van der Waals surface area contributed by atoms with Gasteiger partial charge in [-0.25, -0.2) is 9.07 Å². The van der Waals surface area contributed by atoms with Gasteiger partial charge in [0.25, 0.3) is 11.5 Å². The quantitative estimate of drug-likeness (QED) is 0.761. The van der Waals surface area contributed by atoms with Gasteiger partial charge in [-0.3, -0.25) is 9.59 Å². The number of hydrogen-bond donors (Lipinski definition) is 1. The Kier molecular flexibility index (Phi) is 5.14. The first-order valence-electron chi connectivity index (χ1n) is 7.83. The third kappa shape index (κ3) is 3.97. The SMILES string of the molecule is Cc1ccc(NC(=O)c2ccc(=O)n(Cc3c(F)cccc3Cl)n2)cc1. The van der Waals surface area contributed by atoms with Gasteiger partial charge in [-0.15, -0.1) is 0 Å². The summed E-state index contributed by atoms with van der Waals surface area (Å²) in [5.41, 5.74) is 1.39. The molecule has 0 atom stereocenters. The molecule has 2 aromatic carbocycles. The maximum absolute atomic E-state index is 13.9. The van der Waals surface area contributed by atoms with E-state index in [0.29, 0.717) is 5.69 Å². The molecule has 3 aromatic rings. The van der Waals surface area contributed by atoms with Gasteiger partial charge >= 0.3 is 0 Å². The number of benzene rings is 2. The molecule has 1 heterocycles. The average Bonchev–Trinajstić information content (AvgIpc) is 2.61. The van der Waals surface area contributed by atoms with Gasteiger partial charge in [0.2, 0.25) is 0 Å². The molecule has 0 aliphatic heterocycles. The lowest BCUT2D eigenvalue weighted by Crippen LogP contribution is -2.27. The predicted molar refractivity (Wildman–Crippen MR) is 98.1 cm³/mol. The Labute approximate surface area is 154 Å². The highest BCUT2D eigenvalue weighted by Crippen LogP contribution is 2.19. The smallest absolute Gasteiger partial charge is 0.276 e. The third-order valence-corrected chi connectivity index (χ3v) is 4.13. The Hall–Kier alpha value is -2.99. The monoisotopic (exact) mass is 371 g/mol. The van der Waals surface area contributed by atoms with Crippen molar-refractivity contribution in [3.8, 4) is 0 Å². The number of aromatic nitrogens is 2. The van der Waals surface area contributed by atoms with E-state index in [2.05, 4.69) is 10.4 Å². The first-order chi connectivity index (χ1) is 12.4. The number of nitrogens with one attached hydrogen (secondary N) is 1. The fraction of sp³-hybridized carbons (Fsp3) is 0.105. The van der Waals surface area contributed by atoms with Crippen LogP contribution in [0.2, 0.25) is 5.02 Å². The van der Waals surface area contributed by atoms with E-state index < -0.39 is 17.3 Å². The molecular weight excluding hydrogens is 357 g/mol. The van der Waals surface area contributed by atoms with Crippen LogP contribution in [-0.2, 0) is 6.54 Å². The summed E-state index contributed by atoms with van der Waals surface area (Å²) in [4.78, 5) is 24.4. The Bertz CT molecular complexity index is 996. The highest BCUT2D eigenvalue weighted by Gasteiger charge is 2.13. The molecule has 0 bridgehead atoms. The number of nitrogens with zero attached hydrogens (tertiary/aromatic N) is 2. The van der Waals surface area contributed by atoms with Crippen molar-refractivity contribution in [2.45, 2.75) is 13.5 Å². The first-order valence-corrected chi connectivity index (χ1v) is 8.21. The molecule has 0 saturated carbocycles. The lowest BCUT2D eigenvalue weighted by atomic mass is 10.2. The normalized spacial score (nSPS) is 10.6. The van der Waals surface area contributed by atoms with Crippen LogP contribution >= 0.6 is 11.6 Å². The summed E-state index contributed by atoms with van der Waals surface area (Å²) in [6.45, 7) is 1.77. The Morgan fingerprint density at radius 3 is 2.58 bits per heavy atom. The highest BCUT2D eigenvalue weighted by atomic mass is 35.5. The number of carbonyl (C=O) groups excluding carboxylic acids is 1. The minimum absolute atomic E-state index is 0.0395. The molecule has 0 saturated heterocycles. The van der Waals surface area contributed by atoms with Crippen molar-refractivity contribution in [3.63, 3.8) is 0 Å². The van der Waals surface area contributed by atoms with Crippen LogP contribution in [0.4, 0.5) is 10.1 Å². The molecule has 1 N–H and O–H groups in total. The summed E-state index contributed by atoms with van der Waals surface area (Å²) >= 11 is 5.99. The molecule has 0 fully saturated rings. The lowest BCUT2D eigenvalue weighted by Gasteiger charge is -2.10. The molecule has 1 amide bonds. The maximum atomic E-state index is 13.9. The number of anilines is 1. The number of halogens is 2. The summed E-state index contributed by atoms with van der Waals surface area (Å²) in [5.74, 6) is -1.01. The van der Waals surface area contributed by atoms with Gasteiger partial charge in [0.05, 0.1) is 6.54 Å². The van der Waals surface area contributed by atoms with Gasteiger partial charge in [-0.1, -0.05) is 35.4 Å². The van der Waals surface area contributed by atoms with Gasteiger partial charge in [-0.05, 0) is 37.3 Å². The van der Waals surface area contributed by atoms with Crippen LogP contribution in [0.25, 0.3) is 0 Å². The standard InChI is InChI=1S/C19H15ClFN3O2/c1-12-5-7-13(8-6-12)22-19(26)17-9-10-18(25)24(23-17)11-14-15(20)3-2-4-16(14)21/h2-10H,11H2,1H3,(H,22,26). The molecule has 1 aromatic heterocycles. The van der Waals surface area contributed by atoms with Crippen LogP contribution in [0.3, 0.4) is 0 Å². The molecule has 5 nitrogen and oxygen atoms in total. The number of carbonyl (C=O) groups is 1. The number of aryl methyl sites for hydroxylation is 1.